The Morgan fingerprint density at radius 3 is 2.52 bits per heavy atom. The zero-order valence-electron chi connectivity index (χ0n) is 16.6. The summed E-state index contributed by atoms with van der Waals surface area (Å²) < 4.78 is 12.1. The highest BCUT2D eigenvalue weighted by Gasteiger charge is 2.12. The monoisotopic (exact) mass is 499 g/mol. The summed E-state index contributed by atoms with van der Waals surface area (Å²) in [6, 6.07) is 17.3. The maximum atomic E-state index is 12.5. The smallest absolute Gasteiger partial charge is 0.248 e. The van der Waals surface area contributed by atoms with Crippen molar-refractivity contribution in [2.45, 2.75) is 6.61 Å². The van der Waals surface area contributed by atoms with Crippen molar-refractivity contribution in [2.75, 3.05) is 7.11 Å². The van der Waals surface area contributed by atoms with Gasteiger partial charge >= 0.3 is 0 Å². The van der Waals surface area contributed by atoms with E-state index in [1.54, 1.807) is 43.5 Å². The summed E-state index contributed by atoms with van der Waals surface area (Å²) in [5.41, 5.74) is 7.59. The van der Waals surface area contributed by atoms with E-state index in [1.165, 1.54) is 12.1 Å². The van der Waals surface area contributed by atoms with Gasteiger partial charge in [0.25, 0.3) is 0 Å². The second kappa shape index (κ2) is 10.3. The molecule has 3 aromatic carbocycles. The number of ether oxygens (including phenoxy) is 2. The lowest BCUT2D eigenvalue weighted by molar-refractivity contribution is 0.1000. The minimum Gasteiger partial charge on any atom is -0.493 e. The minimum absolute atomic E-state index is 0.250. The molecule has 0 saturated heterocycles. The van der Waals surface area contributed by atoms with E-state index in [0.717, 1.165) is 11.1 Å². The van der Waals surface area contributed by atoms with Crippen molar-refractivity contribution in [3.05, 3.63) is 98.5 Å². The van der Waals surface area contributed by atoms with E-state index in [1.807, 2.05) is 24.3 Å². The lowest BCUT2D eigenvalue weighted by atomic mass is 10.1. The fraction of sp³-hybridized carbons (Fsp3) is 0.0833. The Balaban J connectivity index is 1.78. The Labute approximate surface area is 193 Å². The lowest BCUT2D eigenvalue weighted by Gasteiger charge is -2.14. The molecule has 0 spiro atoms. The molecule has 0 atom stereocenters. The molecule has 7 heteroatoms. The third kappa shape index (κ3) is 5.96. The van der Waals surface area contributed by atoms with Crippen LogP contribution in [0.5, 0.6) is 11.5 Å². The molecule has 158 valence electrons. The van der Waals surface area contributed by atoms with Gasteiger partial charge < -0.3 is 15.2 Å². The second-order valence-corrected chi connectivity index (χ2v) is 7.89. The van der Waals surface area contributed by atoms with E-state index in [2.05, 4.69) is 15.9 Å². The molecule has 3 aromatic rings. The predicted octanol–water partition coefficient (Wildman–Crippen LogP) is 5.69. The van der Waals surface area contributed by atoms with Crippen LogP contribution < -0.4 is 15.2 Å². The number of hydrogen-bond acceptors (Lipinski definition) is 4. The van der Waals surface area contributed by atoms with Gasteiger partial charge in [0.15, 0.2) is 17.3 Å². The van der Waals surface area contributed by atoms with E-state index in [4.69, 9.17) is 26.8 Å². The van der Waals surface area contributed by atoms with Crippen molar-refractivity contribution in [2.24, 2.45) is 5.73 Å². The number of carbonyl (C=O) groups is 2. The first-order chi connectivity index (χ1) is 14.9. The van der Waals surface area contributed by atoms with Crippen LogP contribution in [-0.4, -0.2) is 18.8 Å². The Kier molecular flexibility index (Phi) is 7.50. The molecular weight excluding hydrogens is 482 g/mol. The summed E-state index contributed by atoms with van der Waals surface area (Å²) in [7, 11) is 1.54. The summed E-state index contributed by atoms with van der Waals surface area (Å²) in [5.74, 6) is 0.222. The van der Waals surface area contributed by atoms with E-state index < -0.39 is 5.91 Å². The minimum atomic E-state index is -0.583. The van der Waals surface area contributed by atoms with Gasteiger partial charge in [-0.1, -0.05) is 41.9 Å². The van der Waals surface area contributed by atoms with Gasteiger partial charge in [0.05, 0.1) is 11.6 Å². The topological polar surface area (TPSA) is 78.6 Å². The normalized spacial score (nSPS) is 10.8. The molecule has 0 aliphatic heterocycles. The fourth-order valence-corrected chi connectivity index (χ4v) is 3.64. The molecule has 0 aliphatic rings. The second-order valence-electron chi connectivity index (χ2n) is 6.60. The molecule has 0 saturated carbocycles. The van der Waals surface area contributed by atoms with E-state index in [-0.39, 0.29) is 11.3 Å². The van der Waals surface area contributed by atoms with Crippen LogP contribution in [0, 0.1) is 0 Å². The van der Waals surface area contributed by atoms with Crippen molar-refractivity contribution in [3.8, 4) is 11.5 Å². The highest BCUT2D eigenvalue weighted by atomic mass is 79.9. The van der Waals surface area contributed by atoms with Crippen molar-refractivity contribution < 1.29 is 19.1 Å². The molecule has 0 radical (unpaired) electrons. The Morgan fingerprint density at radius 2 is 1.81 bits per heavy atom. The maximum absolute atomic E-state index is 12.5. The van der Waals surface area contributed by atoms with Gasteiger partial charge in [-0.2, -0.15) is 0 Å². The number of nitrogens with two attached hydrogens (primary N) is 1. The molecule has 3 rings (SSSR count). The van der Waals surface area contributed by atoms with Gasteiger partial charge in [-0.3, -0.25) is 9.59 Å². The summed E-state index contributed by atoms with van der Waals surface area (Å²) in [6.45, 7) is 0.319. The van der Waals surface area contributed by atoms with Crippen LogP contribution in [0.2, 0.25) is 5.02 Å². The van der Waals surface area contributed by atoms with Crippen molar-refractivity contribution >= 4 is 45.3 Å². The van der Waals surface area contributed by atoms with Crippen LogP contribution in [0.4, 0.5) is 0 Å². The Morgan fingerprint density at radius 1 is 1.06 bits per heavy atom. The van der Waals surface area contributed by atoms with Crippen LogP contribution in [0.25, 0.3) is 6.08 Å². The third-order valence-electron chi connectivity index (χ3n) is 4.38. The third-order valence-corrected chi connectivity index (χ3v) is 5.21. The predicted molar refractivity (Wildman–Crippen MR) is 125 cm³/mol. The van der Waals surface area contributed by atoms with Crippen molar-refractivity contribution in [3.63, 3.8) is 0 Å². The number of rotatable bonds is 8. The zero-order valence-corrected chi connectivity index (χ0v) is 18.9. The van der Waals surface area contributed by atoms with Gasteiger partial charge in [0, 0.05) is 16.1 Å². The Hall–Kier alpha value is -3.09. The fourth-order valence-electron chi connectivity index (χ4n) is 2.85. The first-order valence-electron chi connectivity index (χ1n) is 9.24. The average Bonchev–Trinajstić information content (AvgIpc) is 2.76. The number of hydrogen-bond donors (Lipinski definition) is 1. The van der Waals surface area contributed by atoms with E-state index in [9.17, 15) is 9.59 Å². The molecular formula is C24H19BrClNO4. The number of amides is 1. The maximum Gasteiger partial charge on any atom is 0.248 e. The van der Waals surface area contributed by atoms with Gasteiger partial charge in [-0.05, 0) is 69.5 Å². The quantitative estimate of drug-likeness (QED) is 0.318. The molecule has 1 amide bonds. The van der Waals surface area contributed by atoms with Gasteiger partial charge in [-0.25, -0.2) is 0 Å². The number of ketones is 1. The van der Waals surface area contributed by atoms with Crippen molar-refractivity contribution in [1.29, 1.82) is 0 Å². The van der Waals surface area contributed by atoms with Gasteiger partial charge in [0.2, 0.25) is 5.91 Å². The first-order valence-corrected chi connectivity index (χ1v) is 10.4. The SMILES string of the molecule is COc1cc(C=CC(=O)c2cccc(C(N)=O)c2)cc(Br)c1OCc1cccc(Cl)c1. The van der Waals surface area contributed by atoms with Crippen LogP contribution >= 0.6 is 27.5 Å². The van der Waals surface area contributed by atoms with Gasteiger partial charge in [0.1, 0.15) is 6.61 Å². The molecule has 2 N–H and O–H groups in total. The molecule has 0 unspecified atom stereocenters. The standard InChI is InChI=1S/C24H19BrClNO4/c1-30-22-12-15(8-9-21(28)17-5-3-6-18(13-17)24(27)29)11-20(25)23(22)31-14-16-4-2-7-19(26)10-16/h2-13H,14H2,1H3,(H2,27,29). The Bertz CT molecular complexity index is 1160. The van der Waals surface area contributed by atoms with E-state index >= 15 is 0 Å². The highest BCUT2D eigenvalue weighted by molar-refractivity contribution is 9.10. The number of carbonyl (C=O) groups excluding carboxylic acids is 2. The van der Waals surface area contributed by atoms with Crippen LogP contribution in [0.15, 0.2) is 71.2 Å². The van der Waals surface area contributed by atoms with Crippen LogP contribution in [0.1, 0.15) is 31.8 Å². The molecule has 0 heterocycles. The summed E-state index contributed by atoms with van der Waals surface area (Å²) >= 11 is 9.52. The number of halogens is 2. The molecule has 0 fully saturated rings. The number of allylic oxidation sites excluding steroid dienone is 1. The molecule has 0 aromatic heterocycles. The number of primary amides is 1. The lowest BCUT2D eigenvalue weighted by Crippen LogP contribution is -2.11. The molecule has 31 heavy (non-hydrogen) atoms. The van der Waals surface area contributed by atoms with E-state index in [0.29, 0.717) is 33.2 Å². The molecule has 5 nitrogen and oxygen atoms in total. The highest BCUT2D eigenvalue weighted by Crippen LogP contribution is 2.37. The van der Waals surface area contributed by atoms with Crippen molar-refractivity contribution in [1.82, 2.24) is 0 Å². The molecule has 0 aliphatic carbocycles. The molecule has 0 bridgehead atoms. The zero-order chi connectivity index (χ0) is 22.4. The summed E-state index contributed by atoms with van der Waals surface area (Å²) in [6.07, 6.45) is 3.08. The van der Waals surface area contributed by atoms with Crippen LogP contribution in [-0.2, 0) is 6.61 Å². The number of methoxy groups -OCH3 is 1. The average molecular weight is 501 g/mol. The first kappa shape index (κ1) is 22.6. The summed E-state index contributed by atoms with van der Waals surface area (Å²) in [5, 5.41) is 0.638. The summed E-state index contributed by atoms with van der Waals surface area (Å²) in [4.78, 5) is 23.8. The van der Waals surface area contributed by atoms with Crippen LogP contribution in [0.3, 0.4) is 0 Å². The van der Waals surface area contributed by atoms with Gasteiger partial charge in [-0.15, -0.1) is 0 Å². The largest absolute Gasteiger partial charge is 0.493 e. The number of benzene rings is 3.